The quantitative estimate of drug-likeness (QED) is 0.769. The van der Waals surface area contributed by atoms with Crippen molar-refractivity contribution in [1.82, 2.24) is 14.5 Å². The van der Waals surface area contributed by atoms with E-state index in [9.17, 15) is 0 Å². The van der Waals surface area contributed by atoms with Gasteiger partial charge in [0.25, 0.3) is 0 Å². The van der Waals surface area contributed by atoms with Gasteiger partial charge in [-0.1, -0.05) is 0 Å². The van der Waals surface area contributed by atoms with Gasteiger partial charge in [0.1, 0.15) is 23.9 Å². The molecular formula is C12H6N6. The molecule has 0 radical (unpaired) electrons. The van der Waals surface area contributed by atoms with Crippen LogP contribution in [0.5, 0.6) is 0 Å². The summed E-state index contributed by atoms with van der Waals surface area (Å²) in [6.45, 7) is 0.370. The minimum absolute atomic E-state index is 0.104. The molecule has 0 saturated heterocycles. The second-order valence-corrected chi connectivity index (χ2v) is 3.45. The van der Waals surface area contributed by atoms with Crippen molar-refractivity contribution >= 4 is 0 Å². The fourth-order valence-corrected chi connectivity index (χ4v) is 1.53. The molecule has 0 aliphatic carbocycles. The smallest absolute Gasteiger partial charge is 0.176 e. The van der Waals surface area contributed by atoms with E-state index in [1.54, 1.807) is 16.7 Å². The first-order valence-electron chi connectivity index (χ1n) is 4.99. The molecule has 6 heteroatoms. The molecule has 2 aromatic heterocycles. The third-order valence-corrected chi connectivity index (χ3v) is 2.34. The molecule has 0 N–H and O–H groups in total. The second-order valence-electron chi connectivity index (χ2n) is 3.45. The van der Waals surface area contributed by atoms with Crippen LogP contribution in [0.3, 0.4) is 0 Å². The summed E-state index contributed by atoms with van der Waals surface area (Å²) in [6, 6.07) is 9.12. The number of aromatic nitrogens is 3. The maximum atomic E-state index is 8.97. The number of pyridine rings is 1. The normalized spacial score (nSPS) is 9.17. The van der Waals surface area contributed by atoms with E-state index in [-0.39, 0.29) is 11.4 Å². The van der Waals surface area contributed by atoms with Gasteiger partial charge in [0.05, 0.1) is 6.33 Å². The van der Waals surface area contributed by atoms with Crippen LogP contribution in [-0.4, -0.2) is 14.5 Å². The SMILES string of the molecule is N#Cc1cc(Cn2cnc(C#N)c2C#N)ccn1. The van der Waals surface area contributed by atoms with E-state index < -0.39 is 0 Å². The molecule has 0 amide bonds. The van der Waals surface area contributed by atoms with Crippen LogP contribution in [0.25, 0.3) is 0 Å². The zero-order valence-electron chi connectivity index (χ0n) is 9.20. The Bertz CT molecular complexity index is 707. The van der Waals surface area contributed by atoms with Crippen molar-refractivity contribution < 1.29 is 0 Å². The van der Waals surface area contributed by atoms with Crippen molar-refractivity contribution in [2.75, 3.05) is 0 Å². The monoisotopic (exact) mass is 234 g/mol. The third kappa shape index (κ3) is 2.02. The van der Waals surface area contributed by atoms with Crippen LogP contribution < -0.4 is 0 Å². The minimum atomic E-state index is 0.104. The third-order valence-electron chi connectivity index (χ3n) is 2.34. The molecule has 0 aromatic carbocycles. The summed E-state index contributed by atoms with van der Waals surface area (Å²) in [7, 11) is 0. The number of hydrogen-bond acceptors (Lipinski definition) is 5. The summed E-state index contributed by atoms with van der Waals surface area (Å²) in [4.78, 5) is 7.70. The summed E-state index contributed by atoms with van der Waals surface area (Å²) in [5, 5.41) is 26.5. The zero-order valence-corrected chi connectivity index (χ0v) is 9.20. The predicted molar refractivity (Wildman–Crippen MR) is 59.7 cm³/mol. The molecule has 2 aromatic rings. The number of nitrogens with zero attached hydrogens (tertiary/aromatic N) is 6. The zero-order chi connectivity index (χ0) is 13.0. The van der Waals surface area contributed by atoms with Gasteiger partial charge in [-0.15, -0.1) is 0 Å². The van der Waals surface area contributed by atoms with E-state index in [2.05, 4.69) is 9.97 Å². The highest BCUT2D eigenvalue weighted by atomic mass is 15.1. The molecule has 0 saturated carbocycles. The average Bonchev–Trinajstić information content (AvgIpc) is 2.80. The Morgan fingerprint density at radius 1 is 1.11 bits per heavy atom. The van der Waals surface area contributed by atoms with Gasteiger partial charge in [-0.2, -0.15) is 15.8 Å². The summed E-state index contributed by atoms with van der Waals surface area (Å²) in [5.41, 5.74) is 1.45. The summed E-state index contributed by atoms with van der Waals surface area (Å²) in [5.74, 6) is 0. The van der Waals surface area contributed by atoms with E-state index in [0.717, 1.165) is 5.56 Å². The number of rotatable bonds is 2. The van der Waals surface area contributed by atoms with Gasteiger partial charge in [-0.3, -0.25) is 0 Å². The maximum Gasteiger partial charge on any atom is 0.176 e. The van der Waals surface area contributed by atoms with Crippen LogP contribution >= 0.6 is 0 Å². The first-order chi connectivity index (χ1) is 8.78. The van der Waals surface area contributed by atoms with Crippen molar-refractivity contribution in [2.45, 2.75) is 6.54 Å². The topological polar surface area (TPSA) is 102 Å². The molecule has 0 bridgehead atoms. The van der Waals surface area contributed by atoms with E-state index in [1.165, 1.54) is 12.5 Å². The Balaban J connectivity index is 2.36. The van der Waals surface area contributed by atoms with Crippen LogP contribution in [-0.2, 0) is 6.54 Å². The highest BCUT2D eigenvalue weighted by Crippen LogP contribution is 2.09. The lowest BCUT2D eigenvalue weighted by Gasteiger charge is -2.03. The van der Waals surface area contributed by atoms with E-state index in [1.807, 2.05) is 18.2 Å². The highest BCUT2D eigenvalue weighted by Gasteiger charge is 2.10. The first kappa shape index (κ1) is 11.3. The maximum absolute atomic E-state index is 8.97. The molecule has 0 aliphatic rings. The van der Waals surface area contributed by atoms with E-state index in [4.69, 9.17) is 15.8 Å². The van der Waals surface area contributed by atoms with Gasteiger partial charge in [0, 0.05) is 12.7 Å². The molecule has 84 valence electrons. The molecule has 0 spiro atoms. The lowest BCUT2D eigenvalue weighted by atomic mass is 10.2. The van der Waals surface area contributed by atoms with E-state index >= 15 is 0 Å². The Labute approximate surface area is 103 Å². The lowest BCUT2D eigenvalue weighted by molar-refractivity contribution is 0.783. The summed E-state index contributed by atoms with van der Waals surface area (Å²) in [6.07, 6.45) is 2.96. The van der Waals surface area contributed by atoms with Crippen LogP contribution in [0.1, 0.15) is 22.6 Å². The van der Waals surface area contributed by atoms with Gasteiger partial charge in [0.2, 0.25) is 0 Å². The first-order valence-corrected chi connectivity index (χ1v) is 4.99. The molecule has 0 unspecified atom stereocenters. The van der Waals surface area contributed by atoms with Gasteiger partial charge < -0.3 is 4.57 Å². The molecule has 2 heterocycles. The van der Waals surface area contributed by atoms with Crippen LogP contribution in [0.2, 0.25) is 0 Å². The minimum Gasteiger partial charge on any atom is -0.317 e. The fraction of sp³-hybridized carbons (Fsp3) is 0.0833. The molecule has 0 atom stereocenters. The van der Waals surface area contributed by atoms with Crippen LogP contribution in [0, 0.1) is 34.0 Å². The summed E-state index contributed by atoms with van der Waals surface area (Å²) < 4.78 is 1.56. The van der Waals surface area contributed by atoms with Crippen molar-refractivity contribution in [2.24, 2.45) is 0 Å². The Morgan fingerprint density at radius 2 is 1.94 bits per heavy atom. The average molecular weight is 234 g/mol. The van der Waals surface area contributed by atoms with Crippen LogP contribution in [0.15, 0.2) is 24.7 Å². The highest BCUT2D eigenvalue weighted by molar-refractivity contribution is 5.37. The van der Waals surface area contributed by atoms with Crippen molar-refractivity contribution in [3.05, 3.63) is 47.3 Å². The van der Waals surface area contributed by atoms with E-state index in [0.29, 0.717) is 12.2 Å². The molecule has 0 fully saturated rings. The number of nitriles is 3. The Kier molecular flexibility index (Phi) is 3.00. The van der Waals surface area contributed by atoms with Crippen molar-refractivity contribution in [1.29, 1.82) is 15.8 Å². The van der Waals surface area contributed by atoms with Gasteiger partial charge in [0.15, 0.2) is 11.4 Å². The molecular weight excluding hydrogens is 228 g/mol. The van der Waals surface area contributed by atoms with Crippen LogP contribution in [0.4, 0.5) is 0 Å². The standard InChI is InChI=1S/C12H6N6/c13-4-10-3-9(1-2-16-10)7-18-8-17-11(5-14)12(18)6-15/h1-3,8H,7H2. The predicted octanol–water partition coefficient (Wildman–Crippen LogP) is 0.941. The van der Waals surface area contributed by atoms with Gasteiger partial charge in [-0.25, -0.2) is 9.97 Å². The molecule has 0 aliphatic heterocycles. The van der Waals surface area contributed by atoms with Gasteiger partial charge >= 0.3 is 0 Å². The largest absolute Gasteiger partial charge is 0.317 e. The van der Waals surface area contributed by atoms with Crippen molar-refractivity contribution in [3.63, 3.8) is 0 Å². The number of imidazole rings is 1. The molecule has 18 heavy (non-hydrogen) atoms. The molecule has 6 nitrogen and oxygen atoms in total. The Morgan fingerprint density at radius 3 is 2.61 bits per heavy atom. The Hall–Kier alpha value is -3.17. The molecule has 2 rings (SSSR count). The number of hydrogen-bond donors (Lipinski definition) is 0. The fourth-order valence-electron chi connectivity index (χ4n) is 1.53. The summed E-state index contributed by atoms with van der Waals surface area (Å²) >= 11 is 0. The second kappa shape index (κ2) is 4.78. The van der Waals surface area contributed by atoms with Crippen molar-refractivity contribution in [3.8, 4) is 18.2 Å². The van der Waals surface area contributed by atoms with Gasteiger partial charge in [-0.05, 0) is 17.7 Å². The lowest BCUT2D eigenvalue weighted by Crippen LogP contribution is -2.02.